The van der Waals surface area contributed by atoms with Gasteiger partial charge in [0.25, 0.3) is 0 Å². The number of ether oxygens (including phenoxy) is 1. The van der Waals surface area contributed by atoms with E-state index in [-0.39, 0.29) is 12.0 Å². The van der Waals surface area contributed by atoms with Gasteiger partial charge < -0.3 is 15.4 Å². The molecule has 0 aromatic carbocycles. The van der Waals surface area contributed by atoms with Gasteiger partial charge in [-0.25, -0.2) is 4.68 Å². The molecule has 2 aromatic rings. The van der Waals surface area contributed by atoms with Gasteiger partial charge in [0.1, 0.15) is 6.04 Å². The lowest BCUT2D eigenvalue weighted by Gasteiger charge is -2.22. The largest absolute Gasteiger partial charge is 0.380 e. The molecule has 8 nitrogen and oxygen atoms in total. The summed E-state index contributed by atoms with van der Waals surface area (Å²) < 4.78 is 6.98. The molecule has 3 rings (SSSR count). The zero-order valence-electron chi connectivity index (χ0n) is 12.5. The molecule has 0 saturated carbocycles. The van der Waals surface area contributed by atoms with Crippen LogP contribution in [0.5, 0.6) is 0 Å². The number of nitrogens with zero attached hydrogens (tertiary/aromatic N) is 5. The van der Waals surface area contributed by atoms with Crippen molar-refractivity contribution in [3.63, 3.8) is 0 Å². The lowest BCUT2D eigenvalue weighted by Crippen LogP contribution is -2.40. The van der Waals surface area contributed by atoms with Crippen molar-refractivity contribution in [1.82, 2.24) is 20.0 Å². The second kappa shape index (κ2) is 5.72. The van der Waals surface area contributed by atoms with E-state index >= 15 is 0 Å². The van der Waals surface area contributed by atoms with Crippen LogP contribution in [-0.4, -0.2) is 51.7 Å². The molecule has 0 bridgehead atoms. The number of hydrogen-bond donors (Lipinski definition) is 1. The molecular formula is C14H18N6O2. The number of hydrogen-bond acceptors (Lipinski definition) is 6. The van der Waals surface area contributed by atoms with Crippen LogP contribution in [0.2, 0.25) is 0 Å². The summed E-state index contributed by atoms with van der Waals surface area (Å²) in [7, 11) is 1.63. The number of primary amides is 1. The minimum atomic E-state index is -0.419. The molecule has 22 heavy (non-hydrogen) atoms. The number of aromatic nitrogens is 4. The number of carbonyl (C=O) groups is 1. The van der Waals surface area contributed by atoms with Crippen molar-refractivity contribution in [2.24, 2.45) is 5.73 Å². The molecule has 1 aliphatic rings. The Morgan fingerprint density at radius 2 is 2.05 bits per heavy atom. The third-order valence-electron chi connectivity index (χ3n) is 3.81. The highest BCUT2D eigenvalue weighted by Crippen LogP contribution is 2.25. The fourth-order valence-electron chi connectivity index (χ4n) is 2.63. The van der Waals surface area contributed by atoms with Crippen LogP contribution in [0.15, 0.2) is 24.4 Å². The Kier molecular flexibility index (Phi) is 3.76. The number of methoxy groups -OCH3 is 1. The molecule has 2 aromatic heterocycles. The highest BCUT2D eigenvalue weighted by atomic mass is 16.5. The molecular weight excluding hydrogens is 284 g/mol. The Morgan fingerprint density at radius 3 is 2.59 bits per heavy atom. The van der Waals surface area contributed by atoms with Crippen LogP contribution in [0, 0.1) is 6.92 Å². The summed E-state index contributed by atoms with van der Waals surface area (Å²) in [5, 5.41) is 12.6. The molecule has 1 saturated heterocycles. The zero-order chi connectivity index (χ0) is 15.7. The van der Waals surface area contributed by atoms with Crippen LogP contribution >= 0.6 is 0 Å². The Morgan fingerprint density at radius 1 is 1.32 bits per heavy atom. The van der Waals surface area contributed by atoms with Gasteiger partial charge in [-0.2, -0.15) is 5.10 Å². The van der Waals surface area contributed by atoms with Crippen molar-refractivity contribution in [3.05, 3.63) is 30.1 Å². The Bertz CT molecular complexity index is 668. The zero-order valence-corrected chi connectivity index (χ0v) is 12.5. The normalized spacial score (nSPS) is 21.3. The molecule has 1 aliphatic heterocycles. The van der Waals surface area contributed by atoms with Crippen molar-refractivity contribution < 1.29 is 9.53 Å². The summed E-state index contributed by atoms with van der Waals surface area (Å²) in [6, 6.07) is 5.10. The smallest absolute Gasteiger partial charge is 0.240 e. The van der Waals surface area contributed by atoms with Gasteiger partial charge in [-0.15, -0.1) is 10.2 Å². The lowest BCUT2D eigenvalue weighted by atomic mass is 10.2. The van der Waals surface area contributed by atoms with E-state index in [1.165, 1.54) is 0 Å². The monoisotopic (exact) mass is 302 g/mol. The number of nitrogens with two attached hydrogens (primary N) is 1. The van der Waals surface area contributed by atoms with Gasteiger partial charge in [0.05, 0.1) is 11.8 Å². The summed E-state index contributed by atoms with van der Waals surface area (Å²) in [5.41, 5.74) is 6.37. The molecule has 3 heterocycles. The van der Waals surface area contributed by atoms with E-state index in [2.05, 4.69) is 15.3 Å². The molecule has 8 heteroatoms. The maximum absolute atomic E-state index is 11.6. The van der Waals surface area contributed by atoms with Crippen LogP contribution in [0.4, 0.5) is 5.82 Å². The maximum atomic E-state index is 11.6. The average Bonchev–Trinajstić information content (AvgIpc) is 3.13. The van der Waals surface area contributed by atoms with Crippen LogP contribution in [0.3, 0.4) is 0 Å². The van der Waals surface area contributed by atoms with Gasteiger partial charge in [0, 0.05) is 26.3 Å². The van der Waals surface area contributed by atoms with Gasteiger partial charge in [0.15, 0.2) is 11.6 Å². The van der Waals surface area contributed by atoms with Gasteiger partial charge in [-0.1, -0.05) is 0 Å². The summed E-state index contributed by atoms with van der Waals surface area (Å²) in [6.45, 7) is 2.48. The minimum absolute atomic E-state index is 0.0345. The molecule has 0 spiro atoms. The summed E-state index contributed by atoms with van der Waals surface area (Å²) in [4.78, 5) is 13.4. The molecule has 0 radical (unpaired) electrons. The quantitative estimate of drug-likeness (QED) is 0.856. The van der Waals surface area contributed by atoms with E-state index in [1.807, 2.05) is 36.2 Å². The minimum Gasteiger partial charge on any atom is -0.380 e. The van der Waals surface area contributed by atoms with E-state index in [1.54, 1.807) is 11.8 Å². The predicted molar refractivity (Wildman–Crippen MR) is 79.6 cm³/mol. The van der Waals surface area contributed by atoms with Crippen molar-refractivity contribution >= 4 is 11.7 Å². The Balaban J connectivity index is 1.84. The van der Waals surface area contributed by atoms with Gasteiger partial charge >= 0.3 is 0 Å². The SMILES string of the molecule is CO[C@H]1C[C@@H](C(N)=O)N(c2ccc(-n3ccc(C)n3)nn2)C1. The molecule has 2 N–H and O–H groups in total. The number of aryl methyl sites for hydroxylation is 1. The number of anilines is 1. The number of carbonyl (C=O) groups excluding carboxylic acids is 1. The van der Waals surface area contributed by atoms with Crippen molar-refractivity contribution in [2.45, 2.75) is 25.5 Å². The summed E-state index contributed by atoms with van der Waals surface area (Å²) in [6.07, 6.45) is 2.35. The molecule has 2 atom stereocenters. The average molecular weight is 302 g/mol. The van der Waals surface area contributed by atoms with E-state index in [9.17, 15) is 4.79 Å². The lowest BCUT2D eigenvalue weighted by molar-refractivity contribution is -0.119. The topological polar surface area (TPSA) is 99.2 Å². The molecule has 0 aliphatic carbocycles. The third kappa shape index (κ3) is 2.64. The van der Waals surface area contributed by atoms with Crippen LogP contribution in [0.1, 0.15) is 12.1 Å². The van der Waals surface area contributed by atoms with Crippen molar-refractivity contribution in [3.8, 4) is 5.82 Å². The van der Waals surface area contributed by atoms with Crippen molar-refractivity contribution in [1.29, 1.82) is 0 Å². The fourth-order valence-corrected chi connectivity index (χ4v) is 2.63. The first kappa shape index (κ1) is 14.5. The third-order valence-corrected chi connectivity index (χ3v) is 3.81. The Labute approximate surface area is 127 Å². The first-order chi connectivity index (χ1) is 10.6. The first-order valence-corrected chi connectivity index (χ1v) is 7.03. The second-order valence-electron chi connectivity index (χ2n) is 5.32. The predicted octanol–water partition coefficient (Wildman–Crippen LogP) is 0.0497. The first-order valence-electron chi connectivity index (χ1n) is 7.03. The highest BCUT2D eigenvalue weighted by Gasteiger charge is 2.36. The van der Waals surface area contributed by atoms with E-state index in [0.717, 1.165) is 5.69 Å². The number of rotatable bonds is 4. The van der Waals surface area contributed by atoms with E-state index < -0.39 is 6.04 Å². The summed E-state index contributed by atoms with van der Waals surface area (Å²) >= 11 is 0. The van der Waals surface area contributed by atoms with Crippen LogP contribution < -0.4 is 10.6 Å². The van der Waals surface area contributed by atoms with Gasteiger partial charge in [-0.05, 0) is 25.1 Å². The van der Waals surface area contributed by atoms with Gasteiger partial charge in [-0.3, -0.25) is 4.79 Å². The van der Waals surface area contributed by atoms with Gasteiger partial charge in [0.2, 0.25) is 5.91 Å². The van der Waals surface area contributed by atoms with Crippen LogP contribution in [-0.2, 0) is 9.53 Å². The van der Waals surface area contributed by atoms with E-state index in [0.29, 0.717) is 24.6 Å². The van der Waals surface area contributed by atoms with Crippen molar-refractivity contribution in [2.75, 3.05) is 18.6 Å². The second-order valence-corrected chi connectivity index (χ2v) is 5.32. The molecule has 116 valence electrons. The molecule has 1 amide bonds. The Hall–Kier alpha value is -2.48. The molecule has 1 fully saturated rings. The number of amides is 1. The fraction of sp³-hybridized carbons (Fsp3) is 0.429. The standard InChI is InChI=1S/C14H18N6O2/c1-9-5-6-20(18-9)13-4-3-12(16-17-13)19-8-10(22-2)7-11(19)14(15)21/h3-6,10-11H,7-8H2,1-2H3,(H2,15,21)/t10-,11-/m0/s1. The van der Waals surface area contributed by atoms with Crippen LogP contribution in [0.25, 0.3) is 5.82 Å². The summed E-state index contributed by atoms with van der Waals surface area (Å²) in [5.74, 6) is 0.846. The maximum Gasteiger partial charge on any atom is 0.240 e. The van der Waals surface area contributed by atoms with E-state index in [4.69, 9.17) is 10.5 Å². The highest BCUT2D eigenvalue weighted by molar-refractivity contribution is 5.84. The molecule has 0 unspecified atom stereocenters.